The van der Waals surface area contributed by atoms with E-state index in [4.69, 9.17) is 0 Å². The van der Waals surface area contributed by atoms with Crippen LogP contribution in [0.4, 0.5) is 11.4 Å². The Labute approximate surface area is 207 Å². The van der Waals surface area contributed by atoms with Crippen molar-refractivity contribution in [2.75, 3.05) is 30.4 Å². The van der Waals surface area contributed by atoms with Crippen molar-refractivity contribution in [2.24, 2.45) is 0 Å². The zero-order valence-electron chi connectivity index (χ0n) is 19.4. The fraction of sp³-hybridized carbons (Fsp3) is 0.286. The molecule has 0 aliphatic carbocycles. The SMILES string of the molecule is CN1C(=O)CCc2ccc(NC(=O)c3ccc(-c4ccccc4)c(CN4CCCC4)c3)cc21.Cl. The number of carbonyl (C=O) groups is 2. The molecule has 2 amide bonds. The predicted octanol–water partition coefficient (Wildman–Crippen LogP) is 5.53. The van der Waals surface area contributed by atoms with Gasteiger partial charge in [-0.1, -0.05) is 42.5 Å². The van der Waals surface area contributed by atoms with E-state index in [0.29, 0.717) is 17.7 Å². The molecular weight excluding hydrogens is 446 g/mol. The quantitative estimate of drug-likeness (QED) is 0.527. The van der Waals surface area contributed by atoms with Crippen LogP contribution in [0.2, 0.25) is 0 Å². The van der Waals surface area contributed by atoms with E-state index in [0.717, 1.165) is 37.3 Å². The molecule has 0 spiro atoms. The van der Waals surface area contributed by atoms with Gasteiger partial charge in [0.25, 0.3) is 5.91 Å². The van der Waals surface area contributed by atoms with Crippen LogP contribution in [0.3, 0.4) is 0 Å². The summed E-state index contributed by atoms with van der Waals surface area (Å²) in [5.74, 6) is -0.0314. The lowest BCUT2D eigenvalue weighted by Crippen LogP contribution is -2.31. The van der Waals surface area contributed by atoms with Crippen molar-refractivity contribution in [2.45, 2.75) is 32.2 Å². The molecule has 1 N–H and O–H groups in total. The van der Waals surface area contributed by atoms with E-state index in [9.17, 15) is 9.59 Å². The van der Waals surface area contributed by atoms with Gasteiger partial charge in [-0.05, 0) is 78.9 Å². The van der Waals surface area contributed by atoms with Gasteiger partial charge in [-0.15, -0.1) is 12.4 Å². The van der Waals surface area contributed by atoms with Gasteiger partial charge in [0.05, 0.1) is 0 Å². The van der Waals surface area contributed by atoms with Gasteiger partial charge in [0.15, 0.2) is 0 Å². The third-order valence-corrected chi connectivity index (χ3v) is 6.73. The minimum Gasteiger partial charge on any atom is -0.322 e. The summed E-state index contributed by atoms with van der Waals surface area (Å²) in [7, 11) is 1.79. The van der Waals surface area contributed by atoms with Crippen LogP contribution in [-0.2, 0) is 17.8 Å². The van der Waals surface area contributed by atoms with Gasteiger partial charge in [-0.3, -0.25) is 14.5 Å². The summed E-state index contributed by atoms with van der Waals surface area (Å²) in [6.07, 6.45) is 3.74. The molecule has 6 heteroatoms. The van der Waals surface area contributed by atoms with Crippen LogP contribution in [0.1, 0.15) is 40.7 Å². The van der Waals surface area contributed by atoms with Gasteiger partial charge in [-0.25, -0.2) is 0 Å². The molecule has 3 aromatic rings. The van der Waals surface area contributed by atoms with E-state index >= 15 is 0 Å². The highest BCUT2D eigenvalue weighted by molar-refractivity contribution is 6.05. The van der Waals surface area contributed by atoms with Crippen molar-refractivity contribution in [3.8, 4) is 11.1 Å². The molecule has 1 fully saturated rings. The second-order valence-corrected chi connectivity index (χ2v) is 8.97. The number of rotatable bonds is 5. The smallest absolute Gasteiger partial charge is 0.255 e. The summed E-state index contributed by atoms with van der Waals surface area (Å²) < 4.78 is 0. The third-order valence-electron chi connectivity index (χ3n) is 6.73. The summed E-state index contributed by atoms with van der Waals surface area (Å²) in [5, 5.41) is 3.03. The maximum absolute atomic E-state index is 13.2. The number of hydrogen-bond donors (Lipinski definition) is 1. The Morgan fingerprint density at radius 3 is 2.47 bits per heavy atom. The van der Waals surface area contributed by atoms with Crippen LogP contribution in [0, 0.1) is 0 Å². The molecule has 0 aromatic heterocycles. The van der Waals surface area contributed by atoms with Crippen molar-refractivity contribution >= 4 is 35.6 Å². The van der Waals surface area contributed by atoms with E-state index in [-0.39, 0.29) is 24.2 Å². The number of nitrogens with zero attached hydrogens (tertiary/aromatic N) is 2. The van der Waals surface area contributed by atoms with E-state index in [1.165, 1.54) is 29.5 Å². The van der Waals surface area contributed by atoms with E-state index in [1.54, 1.807) is 11.9 Å². The highest BCUT2D eigenvalue weighted by Crippen LogP contribution is 2.31. The van der Waals surface area contributed by atoms with Gasteiger partial charge in [0.2, 0.25) is 5.91 Å². The van der Waals surface area contributed by atoms with Crippen LogP contribution in [0.5, 0.6) is 0 Å². The summed E-state index contributed by atoms with van der Waals surface area (Å²) in [5.41, 5.74) is 6.87. The monoisotopic (exact) mass is 475 g/mol. The number of hydrogen-bond acceptors (Lipinski definition) is 3. The first-order chi connectivity index (χ1) is 16.1. The van der Waals surface area contributed by atoms with E-state index in [1.807, 2.05) is 48.5 Å². The zero-order chi connectivity index (χ0) is 22.8. The topological polar surface area (TPSA) is 52.7 Å². The molecule has 0 radical (unpaired) electrons. The van der Waals surface area contributed by atoms with Crippen LogP contribution in [0.25, 0.3) is 11.1 Å². The van der Waals surface area contributed by atoms with Gasteiger partial charge < -0.3 is 10.2 Å². The summed E-state index contributed by atoms with van der Waals surface area (Å²) in [6, 6.07) is 22.2. The average Bonchev–Trinajstić information content (AvgIpc) is 3.35. The lowest BCUT2D eigenvalue weighted by atomic mass is 9.96. The maximum Gasteiger partial charge on any atom is 0.255 e. The average molecular weight is 476 g/mol. The maximum atomic E-state index is 13.2. The Bertz CT molecular complexity index is 1190. The number of amides is 2. The Hall–Kier alpha value is -3.15. The number of aryl methyl sites for hydroxylation is 1. The van der Waals surface area contributed by atoms with Crippen molar-refractivity contribution in [1.82, 2.24) is 4.90 Å². The van der Waals surface area contributed by atoms with Crippen molar-refractivity contribution < 1.29 is 9.59 Å². The lowest BCUT2D eigenvalue weighted by Gasteiger charge is -2.26. The molecule has 34 heavy (non-hydrogen) atoms. The normalized spacial score (nSPS) is 15.6. The fourth-order valence-electron chi connectivity index (χ4n) is 4.86. The first kappa shape index (κ1) is 24.0. The molecule has 1 saturated heterocycles. The number of benzene rings is 3. The van der Waals surface area contributed by atoms with Crippen LogP contribution >= 0.6 is 12.4 Å². The molecule has 3 aromatic carbocycles. The van der Waals surface area contributed by atoms with Gasteiger partial charge >= 0.3 is 0 Å². The molecule has 0 saturated carbocycles. The Morgan fingerprint density at radius 2 is 1.71 bits per heavy atom. The largest absolute Gasteiger partial charge is 0.322 e. The Balaban J connectivity index is 0.00000274. The number of likely N-dealkylation sites (tertiary alicyclic amines) is 1. The molecular formula is C28H30ClN3O2. The number of fused-ring (bicyclic) bond motifs is 1. The van der Waals surface area contributed by atoms with Crippen molar-refractivity contribution in [1.29, 1.82) is 0 Å². The summed E-state index contributed by atoms with van der Waals surface area (Å²) in [6.45, 7) is 3.05. The van der Waals surface area contributed by atoms with Crippen molar-refractivity contribution in [3.63, 3.8) is 0 Å². The van der Waals surface area contributed by atoms with Gasteiger partial charge in [-0.2, -0.15) is 0 Å². The second-order valence-electron chi connectivity index (χ2n) is 8.97. The van der Waals surface area contributed by atoms with Crippen LogP contribution in [0.15, 0.2) is 66.7 Å². The number of nitrogens with one attached hydrogen (secondary N) is 1. The van der Waals surface area contributed by atoms with Gasteiger partial charge in [0, 0.05) is 37.0 Å². The van der Waals surface area contributed by atoms with Crippen LogP contribution < -0.4 is 10.2 Å². The first-order valence-corrected chi connectivity index (χ1v) is 11.7. The molecule has 5 nitrogen and oxygen atoms in total. The second kappa shape index (κ2) is 10.4. The van der Waals surface area contributed by atoms with Crippen molar-refractivity contribution in [3.05, 3.63) is 83.4 Å². The molecule has 0 atom stereocenters. The molecule has 176 valence electrons. The summed E-state index contributed by atoms with van der Waals surface area (Å²) in [4.78, 5) is 29.4. The predicted molar refractivity (Wildman–Crippen MR) is 140 cm³/mol. The third kappa shape index (κ3) is 5.01. The van der Waals surface area contributed by atoms with E-state index in [2.05, 4.69) is 28.4 Å². The standard InChI is InChI=1S/C28H29N3O2.ClH/c1-30-26-18-24(12-9-21(26)11-14-27(30)32)29-28(33)22-10-13-25(20-7-3-2-4-8-20)23(17-22)19-31-15-5-6-16-31;/h2-4,7-10,12-13,17-18H,5-6,11,14-16,19H2,1H3,(H,29,33);1H. The molecule has 5 rings (SSSR count). The molecule has 2 aliphatic heterocycles. The fourth-order valence-corrected chi connectivity index (χ4v) is 4.86. The minimum absolute atomic E-state index is 0. The minimum atomic E-state index is -0.137. The molecule has 0 bridgehead atoms. The molecule has 0 unspecified atom stereocenters. The first-order valence-electron chi connectivity index (χ1n) is 11.7. The number of anilines is 2. The Kier molecular flexibility index (Phi) is 7.35. The zero-order valence-corrected chi connectivity index (χ0v) is 20.2. The number of carbonyl (C=O) groups excluding carboxylic acids is 2. The summed E-state index contributed by atoms with van der Waals surface area (Å²) >= 11 is 0. The van der Waals surface area contributed by atoms with E-state index < -0.39 is 0 Å². The Morgan fingerprint density at radius 1 is 0.941 bits per heavy atom. The highest BCUT2D eigenvalue weighted by Gasteiger charge is 2.22. The molecule has 2 aliphatic rings. The van der Waals surface area contributed by atoms with Crippen LogP contribution in [-0.4, -0.2) is 36.9 Å². The van der Waals surface area contributed by atoms with Gasteiger partial charge in [0.1, 0.15) is 0 Å². The molecule has 2 heterocycles. The number of halogens is 1. The lowest BCUT2D eigenvalue weighted by molar-refractivity contribution is -0.118. The highest BCUT2D eigenvalue weighted by atomic mass is 35.5.